The number of hydrogen-bond donors (Lipinski definition) is 0. The highest BCUT2D eigenvalue weighted by molar-refractivity contribution is 6.17. The van der Waals surface area contributed by atoms with Gasteiger partial charge >= 0.3 is 0 Å². The number of rotatable bonds is 2. The molecule has 0 N–H and O–H groups in total. The molecule has 1 atom stereocenters. The standard InChI is InChI=1S/C12H17ClN2O/c1-8-3-4-11-14-9(2)10(5-6-13)12(16)15(11)7-8/h8H,3-7H2,1-2H3. The zero-order valence-corrected chi connectivity index (χ0v) is 10.5. The van der Waals surface area contributed by atoms with Crippen molar-refractivity contribution in [3.63, 3.8) is 0 Å². The number of aryl methyl sites for hydroxylation is 2. The Bertz CT molecular complexity index is 453. The molecule has 1 aromatic rings. The lowest BCUT2D eigenvalue weighted by Crippen LogP contribution is -2.34. The molecule has 4 heteroatoms. The van der Waals surface area contributed by atoms with Gasteiger partial charge in [-0.3, -0.25) is 9.36 Å². The second-order valence-electron chi connectivity index (χ2n) is 4.59. The van der Waals surface area contributed by atoms with E-state index in [0.29, 0.717) is 18.2 Å². The summed E-state index contributed by atoms with van der Waals surface area (Å²) in [6, 6.07) is 0. The van der Waals surface area contributed by atoms with Crippen molar-refractivity contribution in [2.75, 3.05) is 5.88 Å². The van der Waals surface area contributed by atoms with E-state index in [9.17, 15) is 4.79 Å². The van der Waals surface area contributed by atoms with E-state index in [1.54, 1.807) is 0 Å². The molecule has 0 bridgehead atoms. The molecule has 1 aromatic heterocycles. The number of aromatic nitrogens is 2. The van der Waals surface area contributed by atoms with Crippen molar-refractivity contribution in [1.29, 1.82) is 0 Å². The van der Waals surface area contributed by atoms with Gasteiger partial charge in [0.15, 0.2) is 0 Å². The maximum Gasteiger partial charge on any atom is 0.256 e. The third-order valence-corrected chi connectivity index (χ3v) is 3.44. The predicted octanol–water partition coefficient (Wildman–Crippen LogP) is 1.92. The van der Waals surface area contributed by atoms with Crippen LogP contribution < -0.4 is 5.56 Å². The van der Waals surface area contributed by atoms with Gasteiger partial charge in [0.2, 0.25) is 0 Å². The molecular formula is C12H17ClN2O. The van der Waals surface area contributed by atoms with Crippen molar-refractivity contribution in [2.45, 2.75) is 39.7 Å². The van der Waals surface area contributed by atoms with E-state index in [2.05, 4.69) is 11.9 Å². The summed E-state index contributed by atoms with van der Waals surface area (Å²) in [5.74, 6) is 1.99. The van der Waals surface area contributed by atoms with E-state index in [1.165, 1.54) is 0 Å². The molecule has 0 radical (unpaired) electrons. The van der Waals surface area contributed by atoms with Crippen LogP contribution in [0.5, 0.6) is 0 Å². The molecule has 1 unspecified atom stereocenters. The fraction of sp³-hybridized carbons (Fsp3) is 0.667. The molecule has 0 aromatic carbocycles. The Morgan fingerprint density at radius 2 is 2.31 bits per heavy atom. The second-order valence-corrected chi connectivity index (χ2v) is 4.97. The third kappa shape index (κ3) is 2.01. The van der Waals surface area contributed by atoms with Gasteiger partial charge in [0.1, 0.15) is 5.82 Å². The maximum atomic E-state index is 12.2. The Labute approximate surface area is 100 Å². The minimum Gasteiger partial charge on any atom is -0.296 e. The molecule has 16 heavy (non-hydrogen) atoms. The molecule has 0 amide bonds. The molecule has 1 aliphatic rings. The van der Waals surface area contributed by atoms with Crippen molar-refractivity contribution >= 4 is 11.6 Å². The van der Waals surface area contributed by atoms with Crippen molar-refractivity contribution in [3.8, 4) is 0 Å². The van der Waals surface area contributed by atoms with E-state index in [0.717, 1.165) is 36.5 Å². The number of nitrogens with zero attached hydrogens (tertiary/aromatic N) is 2. The zero-order valence-electron chi connectivity index (χ0n) is 9.79. The van der Waals surface area contributed by atoms with Gasteiger partial charge in [0, 0.05) is 30.1 Å². The highest BCUT2D eigenvalue weighted by Crippen LogP contribution is 2.17. The highest BCUT2D eigenvalue weighted by Gasteiger charge is 2.19. The lowest BCUT2D eigenvalue weighted by Gasteiger charge is -2.23. The maximum absolute atomic E-state index is 12.2. The Balaban J connectivity index is 2.52. The number of alkyl halides is 1. The number of halogens is 1. The molecule has 0 fully saturated rings. The lowest BCUT2D eigenvalue weighted by atomic mass is 10.0. The SMILES string of the molecule is Cc1nc2n(c(=O)c1CCCl)CC(C)CC2. The smallest absolute Gasteiger partial charge is 0.256 e. The molecule has 2 heterocycles. The Kier molecular flexibility index (Phi) is 3.33. The molecule has 1 aliphatic heterocycles. The predicted molar refractivity (Wildman–Crippen MR) is 65.1 cm³/mol. The van der Waals surface area contributed by atoms with Gasteiger partial charge in [-0.1, -0.05) is 6.92 Å². The van der Waals surface area contributed by atoms with Gasteiger partial charge in [-0.25, -0.2) is 4.98 Å². The average molecular weight is 241 g/mol. The van der Waals surface area contributed by atoms with Crippen molar-refractivity contribution in [1.82, 2.24) is 9.55 Å². The Hall–Kier alpha value is -0.830. The number of fused-ring (bicyclic) bond motifs is 1. The normalized spacial score (nSPS) is 19.6. The molecule has 2 rings (SSSR count). The van der Waals surface area contributed by atoms with E-state index >= 15 is 0 Å². The van der Waals surface area contributed by atoms with E-state index < -0.39 is 0 Å². The summed E-state index contributed by atoms with van der Waals surface area (Å²) in [6.07, 6.45) is 2.66. The monoisotopic (exact) mass is 240 g/mol. The molecular weight excluding hydrogens is 224 g/mol. The molecule has 0 saturated carbocycles. The van der Waals surface area contributed by atoms with Crippen LogP contribution in [0, 0.1) is 12.8 Å². The first-order valence-corrected chi connectivity index (χ1v) is 6.32. The van der Waals surface area contributed by atoms with E-state index in [4.69, 9.17) is 11.6 Å². The fourth-order valence-corrected chi connectivity index (χ4v) is 2.49. The minimum absolute atomic E-state index is 0.120. The molecule has 3 nitrogen and oxygen atoms in total. The first kappa shape index (κ1) is 11.6. The van der Waals surface area contributed by atoms with Crippen LogP contribution in [-0.4, -0.2) is 15.4 Å². The summed E-state index contributed by atoms with van der Waals surface area (Å²) in [4.78, 5) is 16.8. The van der Waals surface area contributed by atoms with Gasteiger partial charge in [0.05, 0.1) is 0 Å². The van der Waals surface area contributed by atoms with Crippen LogP contribution in [0.2, 0.25) is 0 Å². The van der Waals surface area contributed by atoms with Crippen LogP contribution in [0.1, 0.15) is 30.4 Å². The van der Waals surface area contributed by atoms with E-state index in [-0.39, 0.29) is 5.56 Å². The zero-order chi connectivity index (χ0) is 11.7. The first-order chi connectivity index (χ1) is 7.63. The largest absolute Gasteiger partial charge is 0.296 e. The summed E-state index contributed by atoms with van der Waals surface area (Å²) >= 11 is 5.72. The quantitative estimate of drug-likeness (QED) is 0.741. The van der Waals surface area contributed by atoms with Crippen molar-refractivity contribution in [3.05, 3.63) is 27.4 Å². The van der Waals surface area contributed by atoms with Crippen LogP contribution in [0.25, 0.3) is 0 Å². The Morgan fingerprint density at radius 3 is 3.00 bits per heavy atom. The average Bonchev–Trinajstić information content (AvgIpc) is 2.26. The fourth-order valence-electron chi connectivity index (χ4n) is 2.30. The van der Waals surface area contributed by atoms with Gasteiger partial charge in [0.25, 0.3) is 5.56 Å². The lowest BCUT2D eigenvalue weighted by molar-refractivity contribution is 0.376. The number of hydrogen-bond acceptors (Lipinski definition) is 2. The summed E-state index contributed by atoms with van der Waals surface area (Å²) in [7, 11) is 0. The van der Waals surface area contributed by atoms with Gasteiger partial charge in [-0.15, -0.1) is 11.6 Å². The van der Waals surface area contributed by atoms with Crippen LogP contribution in [0.15, 0.2) is 4.79 Å². The first-order valence-electron chi connectivity index (χ1n) is 5.78. The topological polar surface area (TPSA) is 34.9 Å². The van der Waals surface area contributed by atoms with Gasteiger partial charge in [-0.05, 0) is 25.7 Å². The summed E-state index contributed by atoms with van der Waals surface area (Å²) in [5.41, 5.74) is 1.76. The molecule has 0 aliphatic carbocycles. The second kappa shape index (κ2) is 4.58. The van der Waals surface area contributed by atoms with Crippen LogP contribution >= 0.6 is 11.6 Å². The van der Waals surface area contributed by atoms with Crippen LogP contribution in [0.3, 0.4) is 0 Å². The van der Waals surface area contributed by atoms with Crippen LogP contribution in [0.4, 0.5) is 0 Å². The molecule has 88 valence electrons. The van der Waals surface area contributed by atoms with E-state index in [1.807, 2.05) is 11.5 Å². The van der Waals surface area contributed by atoms with Gasteiger partial charge < -0.3 is 0 Å². The highest BCUT2D eigenvalue weighted by atomic mass is 35.5. The Morgan fingerprint density at radius 1 is 1.56 bits per heavy atom. The summed E-state index contributed by atoms with van der Waals surface area (Å²) < 4.78 is 1.84. The summed E-state index contributed by atoms with van der Waals surface area (Å²) in [5, 5.41) is 0. The van der Waals surface area contributed by atoms with Crippen LogP contribution in [-0.2, 0) is 19.4 Å². The minimum atomic E-state index is 0.120. The molecule has 0 saturated heterocycles. The molecule has 0 spiro atoms. The summed E-state index contributed by atoms with van der Waals surface area (Å²) in [6.45, 7) is 4.88. The van der Waals surface area contributed by atoms with Crippen molar-refractivity contribution in [2.24, 2.45) is 5.92 Å². The third-order valence-electron chi connectivity index (χ3n) is 3.25. The van der Waals surface area contributed by atoms with Crippen molar-refractivity contribution < 1.29 is 0 Å². The van der Waals surface area contributed by atoms with Gasteiger partial charge in [-0.2, -0.15) is 0 Å².